The molecule has 0 aliphatic rings. The van der Waals surface area contributed by atoms with E-state index in [4.69, 9.17) is 5.11 Å². The van der Waals surface area contributed by atoms with Crippen LogP contribution in [0.3, 0.4) is 0 Å². The maximum Gasteiger partial charge on any atom is 1.00 e. The number of aliphatic hydroxyl groups excluding tert-OH is 1. The van der Waals surface area contributed by atoms with Crippen molar-refractivity contribution in [3.8, 4) is 0 Å². The van der Waals surface area contributed by atoms with Crippen LogP contribution in [0.1, 0.15) is 0 Å². The van der Waals surface area contributed by atoms with E-state index >= 15 is 0 Å². The molecule has 0 aliphatic heterocycles. The minimum absolute atomic E-state index is 0. The van der Waals surface area contributed by atoms with E-state index in [2.05, 4.69) is 5.32 Å². The second kappa shape index (κ2) is 8.52. The van der Waals surface area contributed by atoms with Crippen LogP contribution in [0.4, 0.5) is 0 Å². The van der Waals surface area contributed by atoms with Gasteiger partial charge in [0.2, 0.25) is 0 Å². The Hall–Kier alpha value is 1.52. The number of hydrogen-bond donors (Lipinski definition) is 2. The zero-order valence-electron chi connectivity index (χ0n) is 5.35. The van der Waals surface area contributed by atoms with Crippen LogP contribution in [0.5, 0.6) is 0 Å². The average molecular weight is 143 g/mol. The molecular weight excluding hydrogens is 133 g/mol. The Morgan fingerprint density at radius 2 is 2.25 bits per heavy atom. The first-order valence-electron chi connectivity index (χ1n) is 2.22. The molecule has 0 radical (unpaired) electrons. The maximum atomic E-state index is 9.73. The Kier molecular flexibility index (Phi) is 13.0. The van der Waals surface area contributed by atoms with Gasteiger partial charge in [0, 0.05) is 6.54 Å². The molecule has 0 aromatic carbocycles. The quantitative estimate of drug-likeness (QED) is 0.389. The molecule has 0 heterocycles. The second-order valence-corrected chi connectivity index (χ2v) is 1.38. The first kappa shape index (κ1) is 12.2. The summed E-state index contributed by atoms with van der Waals surface area (Å²) >= 11 is 0. The SMILES string of the molecule is CNCC(O)C[O-].[K+]. The molecular formula is C4H10KNO2. The fraction of sp³-hybridized carbons (Fsp3) is 1.00. The summed E-state index contributed by atoms with van der Waals surface area (Å²) in [6.45, 7) is -0.0235. The Morgan fingerprint density at radius 1 is 1.75 bits per heavy atom. The van der Waals surface area contributed by atoms with Crippen molar-refractivity contribution in [1.82, 2.24) is 5.32 Å². The van der Waals surface area contributed by atoms with Gasteiger partial charge in [0.1, 0.15) is 0 Å². The van der Waals surface area contributed by atoms with E-state index in [0.717, 1.165) is 0 Å². The van der Waals surface area contributed by atoms with Crippen LogP contribution in [0.15, 0.2) is 0 Å². The van der Waals surface area contributed by atoms with E-state index in [1.165, 1.54) is 0 Å². The predicted molar refractivity (Wildman–Crippen MR) is 24.8 cm³/mol. The van der Waals surface area contributed by atoms with Crippen molar-refractivity contribution >= 4 is 0 Å². The van der Waals surface area contributed by atoms with Gasteiger partial charge in [0.15, 0.2) is 0 Å². The van der Waals surface area contributed by atoms with Crippen molar-refractivity contribution < 1.29 is 61.6 Å². The van der Waals surface area contributed by atoms with Crippen LogP contribution in [0.2, 0.25) is 0 Å². The Balaban J connectivity index is 0. The molecule has 0 fully saturated rings. The zero-order valence-corrected chi connectivity index (χ0v) is 8.47. The minimum atomic E-state index is -0.718. The number of aliphatic hydroxyl groups is 1. The van der Waals surface area contributed by atoms with Gasteiger partial charge in [-0.15, -0.1) is 6.61 Å². The molecule has 1 atom stereocenters. The summed E-state index contributed by atoms with van der Waals surface area (Å²) in [6, 6.07) is 0. The average Bonchev–Trinajstić information content (AvgIpc) is 1.68. The normalized spacial score (nSPS) is 12.4. The standard InChI is InChI=1S/C4H10NO2.K/c1-5-2-4(7)3-6;/h4-5,7H,2-3H2,1H3;/q-1;+1. The predicted octanol–water partition coefficient (Wildman–Crippen LogP) is -5.07. The summed E-state index contributed by atoms with van der Waals surface area (Å²) in [4.78, 5) is 0. The number of likely N-dealkylation sites (N-methyl/N-ethyl adjacent to an activating group) is 1. The molecule has 2 N–H and O–H groups in total. The van der Waals surface area contributed by atoms with Crippen molar-refractivity contribution in [3.63, 3.8) is 0 Å². The van der Waals surface area contributed by atoms with Crippen molar-refractivity contribution in [2.24, 2.45) is 0 Å². The summed E-state index contributed by atoms with van der Waals surface area (Å²) in [7, 11) is 1.69. The Bertz CT molecular complexity index is 45.0. The maximum absolute atomic E-state index is 9.73. The van der Waals surface area contributed by atoms with Gasteiger partial charge in [-0.3, -0.25) is 0 Å². The fourth-order valence-electron chi connectivity index (χ4n) is 0.295. The second-order valence-electron chi connectivity index (χ2n) is 1.38. The molecule has 0 aliphatic carbocycles. The molecule has 0 bridgehead atoms. The van der Waals surface area contributed by atoms with Crippen LogP contribution in [-0.4, -0.2) is 31.4 Å². The van der Waals surface area contributed by atoms with Gasteiger partial charge in [0.05, 0.1) is 6.10 Å². The zero-order chi connectivity index (χ0) is 5.70. The molecule has 4 heteroatoms. The smallest absolute Gasteiger partial charge is 0.853 e. The van der Waals surface area contributed by atoms with E-state index in [9.17, 15) is 5.11 Å². The van der Waals surface area contributed by atoms with E-state index in [1.54, 1.807) is 7.05 Å². The third-order valence-corrected chi connectivity index (χ3v) is 0.632. The summed E-state index contributed by atoms with van der Waals surface area (Å²) in [5.41, 5.74) is 0. The Labute approximate surface area is 91.9 Å². The van der Waals surface area contributed by atoms with Crippen molar-refractivity contribution in [2.45, 2.75) is 6.10 Å². The summed E-state index contributed by atoms with van der Waals surface area (Å²) in [5, 5.41) is 20.9. The largest absolute Gasteiger partial charge is 1.00 e. The van der Waals surface area contributed by atoms with Crippen molar-refractivity contribution in [1.29, 1.82) is 0 Å². The molecule has 0 aromatic rings. The number of nitrogens with one attached hydrogen (secondary N) is 1. The van der Waals surface area contributed by atoms with E-state index in [0.29, 0.717) is 6.54 Å². The molecule has 44 valence electrons. The monoisotopic (exact) mass is 143 g/mol. The molecule has 3 nitrogen and oxygen atoms in total. The van der Waals surface area contributed by atoms with Crippen molar-refractivity contribution in [2.75, 3.05) is 20.2 Å². The molecule has 1 unspecified atom stereocenters. The van der Waals surface area contributed by atoms with E-state index < -0.39 is 12.7 Å². The third-order valence-electron chi connectivity index (χ3n) is 0.632. The first-order chi connectivity index (χ1) is 3.31. The van der Waals surface area contributed by atoms with Gasteiger partial charge < -0.3 is 15.5 Å². The fourth-order valence-corrected chi connectivity index (χ4v) is 0.295. The van der Waals surface area contributed by atoms with Gasteiger partial charge >= 0.3 is 51.4 Å². The van der Waals surface area contributed by atoms with Crippen LogP contribution >= 0.6 is 0 Å². The summed E-state index contributed by atoms with van der Waals surface area (Å²) < 4.78 is 0. The van der Waals surface area contributed by atoms with Crippen LogP contribution < -0.4 is 61.8 Å². The van der Waals surface area contributed by atoms with Gasteiger partial charge in [0.25, 0.3) is 0 Å². The van der Waals surface area contributed by atoms with E-state index in [-0.39, 0.29) is 51.4 Å². The van der Waals surface area contributed by atoms with Crippen LogP contribution in [0.25, 0.3) is 0 Å². The molecule has 0 amide bonds. The topological polar surface area (TPSA) is 55.3 Å². The summed E-state index contributed by atoms with van der Waals surface area (Å²) in [5.74, 6) is 0. The van der Waals surface area contributed by atoms with Gasteiger partial charge in [-0.1, -0.05) is 0 Å². The molecule has 0 spiro atoms. The van der Waals surface area contributed by atoms with Gasteiger partial charge in [-0.25, -0.2) is 0 Å². The molecule has 0 saturated heterocycles. The van der Waals surface area contributed by atoms with E-state index in [1.807, 2.05) is 0 Å². The van der Waals surface area contributed by atoms with Crippen molar-refractivity contribution in [3.05, 3.63) is 0 Å². The van der Waals surface area contributed by atoms with Gasteiger partial charge in [-0.05, 0) is 7.05 Å². The summed E-state index contributed by atoms with van der Waals surface area (Å²) in [6.07, 6.45) is -0.718. The van der Waals surface area contributed by atoms with Gasteiger partial charge in [-0.2, -0.15) is 0 Å². The molecule has 8 heavy (non-hydrogen) atoms. The first-order valence-corrected chi connectivity index (χ1v) is 2.22. The third kappa shape index (κ3) is 7.52. The molecule has 0 saturated carbocycles. The van der Waals surface area contributed by atoms with Crippen LogP contribution in [-0.2, 0) is 0 Å². The minimum Gasteiger partial charge on any atom is -0.853 e. The molecule has 0 rings (SSSR count). The Morgan fingerprint density at radius 3 is 2.38 bits per heavy atom. The number of rotatable bonds is 3. The molecule has 0 aromatic heterocycles. The van der Waals surface area contributed by atoms with Crippen LogP contribution in [0, 0.1) is 0 Å². The number of hydrogen-bond acceptors (Lipinski definition) is 3.